The number of aliphatic hydroxyl groups is 1. The summed E-state index contributed by atoms with van der Waals surface area (Å²) in [6.07, 6.45) is -0.0219. The number of ether oxygens (including phenoxy) is 2. The lowest BCUT2D eigenvalue weighted by Gasteiger charge is -2.28. The molecule has 1 N–H and O–H groups in total. The molecule has 2 heterocycles. The van der Waals surface area contributed by atoms with Crippen LogP contribution < -0.4 is 14.4 Å². The van der Waals surface area contributed by atoms with Crippen molar-refractivity contribution >= 4 is 39.9 Å². The number of hydrogen-bond acceptors (Lipinski definition) is 6. The fourth-order valence-electron chi connectivity index (χ4n) is 5.02. The van der Waals surface area contributed by atoms with Crippen molar-refractivity contribution in [2.75, 3.05) is 12.0 Å². The summed E-state index contributed by atoms with van der Waals surface area (Å²) in [4.78, 5) is 29.1. The summed E-state index contributed by atoms with van der Waals surface area (Å²) >= 11 is 6.22. The third kappa shape index (κ3) is 5.30. The van der Waals surface area contributed by atoms with Gasteiger partial charge in [-0.1, -0.05) is 56.6 Å². The van der Waals surface area contributed by atoms with Crippen molar-refractivity contribution in [3.05, 3.63) is 100.0 Å². The zero-order valence-electron chi connectivity index (χ0n) is 23.8. The summed E-state index contributed by atoms with van der Waals surface area (Å²) in [7, 11) is 1.48. The van der Waals surface area contributed by atoms with Gasteiger partial charge >= 0.3 is 0 Å². The number of fused-ring (bicyclic) bond motifs is 1. The number of benzene rings is 3. The highest BCUT2D eigenvalue weighted by molar-refractivity contribution is 6.31. The van der Waals surface area contributed by atoms with Gasteiger partial charge in [0.15, 0.2) is 22.9 Å². The summed E-state index contributed by atoms with van der Waals surface area (Å²) < 4.78 is 17.1. The fraction of sp³-hybridized carbons (Fsp3) is 0.273. The molecular formula is C33H32ClNO6. The monoisotopic (exact) mass is 573 g/mol. The maximum Gasteiger partial charge on any atom is 0.294 e. The molecule has 0 spiro atoms. The van der Waals surface area contributed by atoms with Crippen LogP contribution in [0, 0.1) is 0 Å². The largest absolute Gasteiger partial charge is 0.503 e. The van der Waals surface area contributed by atoms with Crippen molar-refractivity contribution in [2.45, 2.75) is 52.2 Å². The van der Waals surface area contributed by atoms with E-state index in [4.69, 9.17) is 25.5 Å². The van der Waals surface area contributed by atoms with Gasteiger partial charge in [-0.2, -0.15) is 0 Å². The smallest absolute Gasteiger partial charge is 0.294 e. The summed E-state index contributed by atoms with van der Waals surface area (Å²) in [5.41, 5.74) is 2.42. The number of furan rings is 1. The number of amides is 1. The van der Waals surface area contributed by atoms with Crippen molar-refractivity contribution < 1.29 is 28.6 Å². The first-order valence-corrected chi connectivity index (χ1v) is 13.7. The summed E-state index contributed by atoms with van der Waals surface area (Å²) in [5.74, 6) is -0.966. The quantitative estimate of drug-likeness (QED) is 0.226. The van der Waals surface area contributed by atoms with Gasteiger partial charge in [0.1, 0.15) is 5.75 Å². The van der Waals surface area contributed by atoms with E-state index in [0.717, 1.165) is 5.56 Å². The lowest BCUT2D eigenvalue weighted by molar-refractivity contribution is -0.117. The second-order valence-electron chi connectivity index (χ2n) is 11.3. The molecule has 5 rings (SSSR count). The van der Waals surface area contributed by atoms with Crippen LogP contribution in [0.3, 0.4) is 0 Å². The van der Waals surface area contributed by atoms with Crippen molar-refractivity contribution in [1.82, 2.24) is 0 Å². The van der Waals surface area contributed by atoms with E-state index < -0.39 is 23.5 Å². The number of anilines is 1. The molecule has 0 aliphatic carbocycles. The first-order chi connectivity index (χ1) is 19.4. The molecule has 3 aromatic carbocycles. The number of ketones is 1. The minimum absolute atomic E-state index is 0.0219. The number of carbonyl (C=O) groups is 2. The molecule has 8 heteroatoms. The SMILES string of the molecule is COc1cc(Cl)cc2cc(C(=O)C3=C(O)C(=O)N(c4ccc(C(C)(C)C)cc4)C3c3ccc(OC(C)C)cc3)oc12. The van der Waals surface area contributed by atoms with E-state index in [2.05, 4.69) is 20.8 Å². The Kier molecular flexibility index (Phi) is 7.34. The Morgan fingerprint density at radius 1 is 1.02 bits per heavy atom. The first-order valence-electron chi connectivity index (χ1n) is 13.3. The van der Waals surface area contributed by atoms with Gasteiger partial charge in [0, 0.05) is 22.2 Å². The molecule has 0 radical (unpaired) electrons. The molecule has 1 aromatic heterocycles. The van der Waals surface area contributed by atoms with E-state index in [1.54, 1.807) is 36.4 Å². The predicted octanol–water partition coefficient (Wildman–Crippen LogP) is 7.96. The highest BCUT2D eigenvalue weighted by atomic mass is 35.5. The van der Waals surface area contributed by atoms with Gasteiger partial charge < -0.3 is 19.0 Å². The number of carbonyl (C=O) groups excluding carboxylic acids is 2. The fourth-order valence-corrected chi connectivity index (χ4v) is 5.24. The molecule has 1 aliphatic heterocycles. The first kappa shape index (κ1) is 28.3. The maximum atomic E-state index is 14.0. The summed E-state index contributed by atoms with van der Waals surface area (Å²) in [6, 6.07) is 18.6. The molecule has 0 bridgehead atoms. The second kappa shape index (κ2) is 10.6. The van der Waals surface area contributed by atoms with E-state index in [0.29, 0.717) is 38.7 Å². The highest BCUT2D eigenvalue weighted by Gasteiger charge is 2.45. The molecule has 212 valence electrons. The Morgan fingerprint density at radius 2 is 1.68 bits per heavy atom. The topological polar surface area (TPSA) is 89.2 Å². The van der Waals surface area contributed by atoms with Crippen LogP contribution in [0.1, 0.15) is 62.3 Å². The van der Waals surface area contributed by atoms with E-state index in [1.165, 1.54) is 18.1 Å². The van der Waals surface area contributed by atoms with Gasteiger partial charge in [0.05, 0.1) is 24.8 Å². The van der Waals surface area contributed by atoms with Crippen LogP contribution >= 0.6 is 11.6 Å². The van der Waals surface area contributed by atoms with E-state index in [-0.39, 0.29) is 22.9 Å². The molecule has 1 atom stereocenters. The van der Waals surface area contributed by atoms with Crippen LogP contribution in [0.5, 0.6) is 11.5 Å². The Labute approximate surface area is 243 Å². The average Bonchev–Trinajstić information content (AvgIpc) is 3.46. The molecule has 4 aromatic rings. The lowest BCUT2D eigenvalue weighted by Crippen LogP contribution is -2.31. The zero-order chi connectivity index (χ0) is 29.6. The van der Waals surface area contributed by atoms with Gasteiger partial charge in [-0.05, 0) is 66.8 Å². The van der Waals surface area contributed by atoms with Gasteiger partial charge in [-0.15, -0.1) is 0 Å². The van der Waals surface area contributed by atoms with Crippen LogP contribution in [-0.2, 0) is 10.2 Å². The molecule has 0 saturated heterocycles. The number of rotatable bonds is 7. The van der Waals surface area contributed by atoms with Crippen molar-refractivity contribution in [3.8, 4) is 11.5 Å². The maximum absolute atomic E-state index is 14.0. The standard InChI is InChI=1S/C33H32ClNO6/c1-18(2)40-24-13-7-19(8-14-24)28-27(29(36)25-16-20-15-22(34)17-26(39-6)31(20)41-25)30(37)32(38)35(28)23-11-9-21(10-12-23)33(3,4)5/h7-18,28,37H,1-6H3. The molecule has 1 amide bonds. The van der Waals surface area contributed by atoms with Crippen LogP contribution in [0.4, 0.5) is 5.69 Å². The van der Waals surface area contributed by atoms with Crippen LogP contribution in [0.15, 0.2) is 82.5 Å². The van der Waals surface area contributed by atoms with Gasteiger partial charge in [0.2, 0.25) is 5.78 Å². The second-order valence-corrected chi connectivity index (χ2v) is 11.8. The average molecular weight is 574 g/mol. The summed E-state index contributed by atoms with van der Waals surface area (Å²) in [5, 5.41) is 12.2. The van der Waals surface area contributed by atoms with E-state index in [1.807, 2.05) is 38.1 Å². The number of aliphatic hydroxyl groups excluding tert-OH is 1. The molecule has 0 fully saturated rings. The number of methoxy groups -OCH3 is 1. The number of Topliss-reactive ketones (excluding diaryl/α,β-unsaturated/α-hetero) is 1. The molecule has 7 nitrogen and oxygen atoms in total. The van der Waals surface area contributed by atoms with Crippen LogP contribution in [-0.4, -0.2) is 30.0 Å². The molecule has 1 aliphatic rings. The zero-order valence-corrected chi connectivity index (χ0v) is 24.6. The van der Waals surface area contributed by atoms with Crippen molar-refractivity contribution in [1.29, 1.82) is 0 Å². The van der Waals surface area contributed by atoms with Crippen molar-refractivity contribution in [3.63, 3.8) is 0 Å². The minimum atomic E-state index is -0.915. The lowest BCUT2D eigenvalue weighted by atomic mass is 9.87. The Bertz CT molecular complexity index is 1660. The number of nitrogens with zero attached hydrogens (tertiary/aromatic N) is 1. The summed E-state index contributed by atoms with van der Waals surface area (Å²) in [6.45, 7) is 10.2. The number of hydrogen-bond donors (Lipinski definition) is 1. The normalized spacial score (nSPS) is 15.8. The Morgan fingerprint density at radius 3 is 2.27 bits per heavy atom. The third-order valence-electron chi connectivity index (χ3n) is 7.02. The Balaban J connectivity index is 1.62. The molecular weight excluding hydrogens is 542 g/mol. The predicted molar refractivity (Wildman–Crippen MR) is 159 cm³/mol. The third-order valence-corrected chi connectivity index (χ3v) is 7.24. The van der Waals surface area contributed by atoms with Crippen molar-refractivity contribution in [2.24, 2.45) is 0 Å². The van der Waals surface area contributed by atoms with Crippen LogP contribution in [0.2, 0.25) is 5.02 Å². The van der Waals surface area contributed by atoms with Crippen LogP contribution in [0.25, 0.3) is 11.0 Å². The van der Waals surface area contributed by atoms with Gasteiger partial charge in [0.25, 0.3) is 5.91 Å². The number of halogens is 1. The minimum Gasteiger partial charge on any atom is -0.503 e. The van der Waals surface area contributed by atoms with E-state index >= 15 is 0 Å². The Hall–Kier alpha value is -4.23. The molecule has 0 saturated carbocycles. The molecule has 1 unspecified atom stereocenters. The van der Waals surface area contributed by atoms with E-state index in [9.17, 15) is 14.7 Å². The van der Waals surface area contributed by atoms with Gasteiger partial charge in [-0.25, -0.2) is 0 Å². The molecule has 41 heavy (non-hydrogen) atoms. The highest BCUT2D eigenvalue weighted by Crippen LogP contribution is 2.43. The van der Waals surface area contributed by atoms with Gasteiger partial charge in [-0.3, -0.25) is 14.5 Å².